The maximum Gasteiger partial charge on any atom is 0.298 e. The second kappa shape index (κ2) is 12.2. The number of rotatable bonds is 11. The predicted octanol–water partition coefficient (Wildman–Crippen LogP) is 5.18. The van der Waals surface area contributed by atoms with Gasteiger partial charge in [-0.25, -0.2) is 8.42 Å². The van der Waals surface area contributed by atoms with Gasteiger partial charge in [-0.05, 0) is 68.0 Å². The van der Waals surface area contributed by atoms with E-state index < -0.39 is 33.5 Å². The fourth-order valence-corrected chi connectivity index (χ4v) is 6.98. The van der Waals surface area contributed by atoms with Crippen LogP contribution in [0, 0.1) is 5.92 Å². The molecule has 2 aromatic carbocycles. The quantitative estimate of drug-likeness (QED) is 0.357. The number of hydrogen-bond acceptors (Lipinski definition) is 5. The van der Waals surface area contributed by atoms with Crippen molar-refractivity contribution in [2.24, 2.45) is 11.7 Å². The minimum Gasteiger partial charge on any atom is -0.493 e. The fourth-order valence-electron chi connectivity index (χ4n) is 5.52. The molecule has 2 aliphatic heterocycles. The van der Waals surface area contributed by atoms with Crippen LogP contribution in [0.3, 0.4) is 0 Å². The molecule has 0 aromatic heterocycles. The third-order valence-electron chi connectivity index (χ3n) is 7.91. The third-order valence-corrected chi connectivity index (χ3v) is 9.88. The van der Waals surface area contributed by atoms with Crippen LogP contribution in [-0.2, 0) is 20.7 Å². The molecule has 2 fully saturated rings. The van der Waals surface area contributed by atoms with E-state index in [4.69, 9.17) is 10.5 Å². The first-order valence-electron chi connectivity index (χ1n) is 13.4. The van der Waals surface area contributed by atoms with Crippen LogP contribution in [0.2, 0.25) is 0 Å². The molecule has 2 aliphatic rings. The van der Waals surface area contributed by atoms with Crippen LogP contribution < -0.4 is 15.2 Å². The standard InChI is InChI=1S/C28H36BrF2N3O4S/c1-3-18(4-2)17-38-24-11-13-25(14-12-24)39(36,37)33-26(28(30,31)19-5-7-20(29)8-6-19)27(35)34-22-9-10-23(34)16-21(32)15-22/h5-8,11-14,18,21-23,26,33H,3-4,9-10,15-17,32H2,1-2H3. The first-order chi connectivity index (χ1) is 18.5. The van der Waals surface area contributed by atoms with Crippen molar-refractivity contribution >= 4 is 31.9 Å². The first kappa shape index (κ1) is 29.9. The molecule has 214 valence electrons. The van der Waals surface area contributed by atoms with Gasteiger partial charge in [-0.1, -0.05) is 54.8 Å². The van der Waals surface area contributed by atoms with Gasteiger partial charge in [0.1, 0.15) is 5.75 Å². The lowest BCUT2D eigenvalue weighted by Crippen LogP contribution is -2.60. The van der Waals surface area contributed by atoms with Gasteiger partial charge in [0, 0.05) is 28.2 Å². The summed E-state index contributed by atoms with van der Waals surface area (Å²) in [6, 6.07) is 7.81. The Hall–Kier alpha value is -2.08. The second-order valence-electron chi connectivity index (χ2n) is 10.5. The van der Waals surface area contributed by atoms with E-state index in [0.29, 0.717) is 48.4 Å². The topological polar surface area (TPSA) is 102 Å². The Bertz CT molecular complexity index is 1230. The number of amides is 1. The number of piperidine rings is 1. The normalized spacial score (nSPS) is 22.2. The number of carbonyl (C=O) groups is 1. The van der Waals surface area contributed by atoms with Crippen molar-refractivity contribution in [3.63, 3.8) is 0 Å². The largest absolute Gasteiger partial charge is 0.493 e. The number of nitrogens with zero attached hydrogens (tertiary/aromatic N) is 1. The van der Waals surface area contributed by atoms with Gasteiger partial charge in [-0.15, -0.1) is 0 Å². The average molecular weight is 629 g/mol. The number of halogens is 3. The zero-order chi connectivity index (χ0) is 28.4. The van der Waals surface area contributed by atoms with Crippen LogP contribution in [0.15, 0.2) is 57.9 Å². The molecule has 2 saturated heterocycles. The molecular formula is C28H36BrF2N3O4S. The number of benzene rings is 2. The Balaban J connectivity index is 1.62. The highest BCUT2D eigenvalue weighted by atomic mass is 79.9. The lowest BCUT2D eigenvalue weighted by molar-refractivity contribution is -0.149. The molecule has 2 aromatic rings. The highest BCUT2D eigenvalue weighted by Crippen LogP contribution is 2.40. The van der Waals surface area contributed by atoms with Gasteiger partial charge in [0.25, 0.3) is 5.92 Å². The third kappa shape index (κ3) is 6.64. The van der Waals surface area contributed by atoms with Gasteiger partial charge in [0.15, 0.2) is 6.04 Å². The zero-order valence-corrected chi connectivity index (χ0v) is 24.6. The summed E-state index contributed by atoms with van der Waals surface area (Å²) in [7, 11) is -4.49. The Morgan fingerprint density at radius 2 is 1.64 bits per heavy atom. The van der Waals surface area contributed by atoms with E-state index in [9.17, 15) is 13.2 Å². The van der Waals surface area contributed by atoms with E-state index in [1.807, 2.05) is 0 Å². The van der Waals surface area contributed by atoms with E-state index in [1.165, 1.54) is 53.4 Å². The van der Waals surface area contributed by atoms with Crippen LogP contribution in [0.5, 0.6) is 5.75 Å². The molecule has 7 nitrogen and oxygen atoms in total. The van der Waals surface area contributed by atoms with Crippen molar-refractivity contribution in [1.82, 2.24) is 9.62 Å². The van der Waals surface area contributed by atoms with Gasteiger partial charge in [-0.3, -0.25) is 4.79 Å². The molecule has 2 bridgehead atoms. The molecule has 11 heteroatoms. The van der Waals surface area contributed by atoms with E-state index in [0.717, 1.165) is 12.8 Å². The highest BCUT2D eigenvalue weighted by molar-refractivity contribution is 9.10. The summed E-state index contributed by atoms with van der Waals surface area (Å²) in [4.78, 5) is 15.0. The molecule has 1 amide bonds. The summed E-state index contributed by atoms with van der Waals surface area (Å²) >= 11 is 3.23. The first-order valence-corrected chi connectivity index (χ1v) is 15.7. The molecule has 0 radical (unpaired) electrons. The number of ether oxygens (including phenoxy) is 1. The Morgan fingerprint density at radius 3 is 2.18 bits per heavy atom. The molecule has 0 saturated carbocycles. The number of hydrogen-bond donors (Lipinski definition) is 2. The zero-order valence-electron chi connectivity index (χ0n) is 22.2. The predicted molar refractivity (Wildman–Crippen MR) is 149 cm³/mol. The average Bonchev–Trinajstić information content (AvgIpc) is 3.18. The summed E-state index contributed by atoms with van der Waals surface area (Å²) in [5, 5.41) is 0. The summed E-state index contributed by atoms with van der Waals surface area (Å²) in [6.07, 6.45) is 4.24. The smallest absolute Gasteiger partial charge is 0.298 e. The summed E-state index contributed by atoms with van der Waals surface area (Å²) in [5.41, 5.74) is 5.66. The van der Waals surface area contributed by atoms with Crippen molar-refractivity contribution in [1.29, 1.82) is 0 Å². The summed E-state index contributed by atoms with van der Waals surface area (Å²) < 4.78 is 67.2. The van der Waals surface area contributed by atoms with Gasteiger partial charge in [0.2, 0.25) is 15.9 Å². The van der Waals surface area contributed by atoms with Crippen LogP contribution in [0.1, 0.15) is 57.9 Å². The number of alkyl halides is 2. The van der Waals surface area contributed by atoms with Crippen molar-refractivity contribution in [2.75, 3.05) is 6.61 Å². The number of fused-ring (bicyclic) bond motifs is 2. The van der Waals surface area contributed by atoms with Crippen LogP contribution >= 0.6 is 15.9 Å². The number of carbonyl (C=O) groups excluding carboxylic acids is 1. The van der Waals surface area contributed by atoms with Gasteiger partial charge < -0.3 is 15.4 Å². The van der Waals surface area contributed by atoms with Gasteiger partial charge >= 0.3 is 0 Å². The summed E-state index contributed by atoms with van der Waals surface area (Å²) in [6.45, 7) is 4.64. The molecule has 3 unspecified atom stereocenters. The van der Waals surface area contributed by atoms with Gasteiger partial charge in [0.05, 0.1) is 11.5 Å². The lowest BCUT2D eigenvalue weighted by atomic mass is 9.95. The van der Waals surface area contributed by atoms with Crippen molar-refractivity contribution in [3.05, 3.63) is 58.6 Å². The molecule has 2 heterocycles. The van der Waals surface area contributed by atoms with Crippen molar-refractivity contribution in [3.8, 4) is 5.75 Å². The maximum absolute atomic E-state index is 16.0. The maximum atomic E-state index is 16.0. The van der Waals surface area contributed by atoms with Crippen molar-refractivity contribution in [2.45, 2.75) is 87.4 Å². The second-order valence-corrected chi connectivity index (χ2v) is 13.1. The fraction of sp³-hybridized carbons (Fsp3) is 0.536. The van der Waals surface area contributed by atoms with Crippen LogP contribution in [0.4, 0.5) is 8.78 Å². The molecule has 4 rings (SSSR count). The Morgan fingerprint density at radius 1 is 1.08 bits per heavy atom. The number of nitrogens with one attached hydrogen (secondary N) is 1. The van der Waals surface area contributed by atoms with Crippen LogP contribution in [-0.4, -0.2) is 50.0 Å². The van der Waals surface area contributed by atoms with E-state index in [1.54, 1.807) is 0 Å². The van der Waals surface area contributed by atoms with Crippen LogP contribution in [0.25, 0.3) is 0 Å². The number of nitrogens with two attached hydrogens (primary N) is 1. The lowest BCUT2D eigenvalue weighted by Gasteiger charge is -2.41. The van der Waals surface area contributed by atoms with E-state index in [2.05, 4.69) is 34.5 Å². The minimum absolute atomic E-state index is 0.112. The number of sulfonamides is 1. The molecular weight excluding hydrogens is 592 g/mol. The summed E-state index contributed by atoms with van der Waals surface area (Å²) in [5.74, 6) is -3.89. The molecule has 3 atom stereocenters. The van der Waals surface area contributed by atoms with E-state index in [-0.39, 0.29) is 23.0 Å². The monoisotopic (exact) mass is 627 g/mol. The molecule has 0 spiro atoms. The SMILES string of the molecule is CCC(CC)COc1ccc(S(=O)(=O)NC(C(=O)N2C3CCC2CC(N)C3)C(F)(F)c2ccc(Br)cc2)cc1. The molecule has 3 N–H and O–H groups in total. The Labute approximate surface area is 237 Å². The van der Waals surface area contributed by atoms with Crippen molar-refractivity contribution < 1.29 is 26.7 Å². The Kier molecular flexibility index (Phi) is 9.35. The van der Waals surface area contributed by atoms with Gasteiger partial charge in [-0.2, -0.15) is 13.5 Å². The molecule has 39 heavy (non-hydrogen) atoms. The van der Waals surface area contributed by atoms with E-state index >= 15 is 8.78 Å². The minimum atomic E-state index is -4.49. The highest BCUT2D eigenvalue weighted by Gasteiger charge is 2.53. The molecule has 0 aliphatic carbocycles.